The average Bonchev–Trinajstić information content (AvgIpc) is 2.47. The quantitative estimate of drug-likeness (QED) is 0.799. The van der Waals surface area contributed by atoms with Crippen molar-refractivity contribution in [3.8, 4) is 0 Å². The predicted octanol–water partition coefficient (Wildman–Crippen LogP) is 2.35. The van der Waals surface area contributed by atoms with E-state index in [2.05, 4.69) is 5.43 Å². The van der Waals surface area contributed by atoms with E-state index in [0.29, 0.717) is 4.90 Å². The number of alkyl halides is 3. The summed E-state index contributed by atoms with van der Waals surface area (Å²) in [5.41, 5.74) is 1.32. The Hall–Kier alpha value is -2.09. The number of rotatable bonds is 1. The van der Waals surface area contributed by atoms with Crippen molar-refractivity contribution >= 4 is 17.7 Å². The van der Waals surface area contributed by atoms with Crippen LogP contribution in [0, 0.1) is 0 Å². The van der Waals surface area contributed by atoms with Crippen LogP contribution in [-0.4, -0.2) is 30.7 Å². The van der Waals surface area contributed by atoms with Crippen molar-refractivity contribution in [2.24, 2.45) is 0 Å². The summed E-state index contributed by atoms with van der Waals surface area (Å²) in [4.78, 5) is 24.3. The van der Waals surface area contributed by atoms with Crippen LogP contribution in [0.2, 0.25) is 0 Å². The highest BCUT2D eigenvalue weighted by Gasteiger charge is 2.48. The van der Waals surface area contributed by atoms with Gasteiger partial charge in [0.1, 0.15) is 14.1 Å². The second-order valence-electron chi connectivity index (χ2n) is 4.54. The molecule has 0 aromatic heterocycles. The molecule has 1 aliphatic heterocycles. The van der Waals surface area contributed by atoms with Crippen LogP contribution in [0.15, 0.2) is 24.3 Å². The Morgan fingerprint density at radius 2 is 1.84 bits per heavy atom. The highest BCUT2D eigenvalue weighted by atomic mass is 19.4. The normalized spacial score (nSPS) is 18.7. The van der Waals surface area contributed by atoms with Gasteiger partial charge in [-0.25, -0.2) is 9.59 Å². The second-order valence-corrected chi connectivity index (χ2v) is 4.54. The molecule has 1 aliphatic rings. The lowest BCUT2D eigenvalue weighted by Gasteiger charge is -2.17. The number of benzene rings is 1. The van der Waals surface area contributed by atoms with Gasteiger partial charge in [-0.15, -0.1) is 4.59 Å². The summed E-state index contributed by atoms with van der Waals surface area (Å²) in [7, 11) is 2.85. The monoisotopic (exact) mass is 274 g/mol. The fourth-order valence-electron chi connectivity index (χ4n) is 1.72. The molecule has 1 fully saturated rings. The lowest BCUT2D eigenvalue weighted by molar-refractivity contribution is -0.838. The molecule has 0 spiro atoms. The Balaban J connectivity index is 2.44. The van der Waals surface area contributed by atoms with E-state index in [1.165, 1.54) is 20.2 Å². The van der Waals surface area contributed by atoms with Gasteiger partial charge in [0, 0.05) is 0 Å². The molecular weight excluding hydrogens is 263 g/mol. The number of carbonyl (C=O) groups is 2. The molecule has 1 aromatic carbocycles. The van der Waals surface area contributed by atoms with Crippen molar-refractivity contribution in [2.75, 3.05) is 19.0 Å². The zero-order valence-corrected chi connectivity index (χ0v) is 10.2. The third-order valence-electron chi connectivity index (χ3n) is 2.68. The first-order valence-corrected chi connectivity index (χ1v) is 5.31. The van der Waals surface area contributed by atoms with E-state index in [1.807, 2.05) is 0 Å². The van der Waals surface area contributed by atoms with E-state index in [9.17, 15) is 22.8 Å². The summed E-state index contributed by atoms with van der Waals surface area (Å²) in [5.74, 6) is 0. The smallest absolute Gasteiger partial charge is 0.242 e. The SMILES string of the molecule is C[N+]1(C)NC(=O)N(c2cccc(C(F)(F)F)c2)C1=O. The number of hydrogen-bond donors (Lipinski definition) is 1. The Morgan fingerprint density at radius 3 is 2.32 bits per heavy atom. The maximum Gasteiger partial charge on any atom is 0.456 e. The van der Waals surface area contributed by atoms with E-state index in [1.54, 1.807) is 0 Å². The van der Waals surface area contributed by atoms with Gasteiger partial charge in [-0.05, 0) is 18.2 Å². The van der Waals surface area contributed by atoms with Crippen molar-refractivity contribution < 1.29 is 27.4 Å². The number of urea groups is 2. The molecule has 8 heteroatoms. The molecule has 0 unspecified atom stereocenters. The number of amides is 4. The molecule has 0 bridgehead atoms. The first kappa shape index (κ1) is 13.3. The molecule has 0 saturated carbocycles. The van der Waals surface area contributed by atoms with Gasteiger partial charge in [0.05, 0.1) is 11.3 Å². The minimum absolute atomic E-state index is 0.110. The number of imide groups is 1. The maximum atomic E-state index is 12.6. The van der Waals surface area contributed by atoms with E-state index < -0.39 is 28.4 Å². The number of quaternary nitrogens is 1. The topological polar surface area (TPSA) is 49.4 Å². The molecule has 4 amide bonds. The van der Waals surface area contributed by atoms with Crippen LogP contribution in [0.3, 0.4) is 0 Å². The number of carbonyl (C=O) groups excluding carboxylic acids is 2. The van der Waals surface area contributed by atoms with Crippen LogP contribution >= 0.6 is 0 Å². The number of nitrogens with one attached hydrogen (secondary N) is 1. The van der Waals surface area contributed by atoms with Crippen LogP contribution in [0.1, 0.15) is 5.56 Å². The largest absolute Gasteiger partial charge is 0.456 e. The zero-order chi connectivity index (χ0) is 14.4. The highest BCUT2D eigenvalue weighted by molar-refractivity contribution is 6.14. The Bertz CT molecular complexity index is 554. The molecular formula is C11H11F3N3O2+. The van der Waals surface area contributed by atoms with Crippen LogP contribution in [-0.2, 0) is 6.18 Å². The molecule has 0 radical (unpaired) electrons. The molecule has 102 valence electrons. The van der Waals surface area contributed by atoms with Crippen molar-refractivity contribution in [3.05, 3.63) is 29.8 Å². The van der Waals surface area contributed by atoms with Gasteiger partial charge in [-0.1, -0.05) is 6.07 Å². The molecule has 1 heterocycles. The zero-order valence-electron chi connectivity index (χ0n) is 10.2. The van der Waals surface area contributed by atoms with Gasteiger partial charge in [0.25, 0.3) is 0 Å². The molecule has 1 N–H and O–H groups in total. The van der Waals surface area contributed by atoms with Crippen LogP contribution < -0.4 is 10.3 Å². The lowest BCUT2D eigenvalue weighted by atomic mass is 10.2. The molecule has 5 nitrogen and oxygen atoms in total. The van der Waals surface area contributed by atoms with Gasteiger partial charge in [-0.2, -0.15) is 23.5 Å². The Kier molecular flexibility index (Phi) is 2.78. The number of halogens is 3. The standard InChI is InChI=1S/C11H10F3N3O2/c1-17(2)10(19)16(9(18)15-17)8-5-3-4-7(6-8)11(12,13)14/h3-6H,1-2H3/p+1. The van der Waals surface area contributed by atoms with E-state index in [-0.39, 0.29) is 5.69 Å². The number of hydrogen-bond acceptors (Lipinski definition) is 2. The molecule has 0 aliphatic carbocycles. The Morgan fingerprint density at radius 1 is 1.21 bits per heavy atom. The van der Waals surface area contributed by atoms with Crippen LogP contribution in [0.4, 0.5) is 28.4 Å². The van der Waals surface area contributed by atoms with E-state index >= 15 is 0 Å². The average molecular weight is 274 g/mol. The van der Waals surface area contributed by atoms with Gasteiger partial charge < -0.3 is 0 Å². The van der Waals surface area contributed by atoms with E-state index in [4.69, 9.17) is 0 Å². The summed E-state index contributed by atoms with van der Waals surface area (Å²) >= 11 is 0. The molecule has 2 rings (SSSR count). The molecule has 1 aromatic rings. The van der Waals surface area contributed by atoms with Crippen molar-refractivity contribution in [1.29, 1.82) is 0 Å². The molecule has 19 heavy (non-hydrogen) atoms. The summed E-state index contributed by atoms with van der Waals surface area (Å²) in [6.07, 6.45) is -4.53. The van der Waals surface area contributed by atoms with Crippen molar-refractivity contribution in [2.45, 2.75) is 6.18 Å². The predicted molar refractivity (Wildman–Crippen MR) is 60.0 cm³/mol. The summed E-state index contributed by atoms with van der Waals surface area (Å²) in [5, 5.41) is 0. The van der Waals surface area contributed by atoms with Gasteiger partial charge >= 0.3 is 18.2 Å². The fraction of sp³-hybridized carbons (Fsp3) is 0.273. The van der Waals surface area contributed by atoms with Crippen LogP contribution in [0.25, 0.3) is 0 Å². The minimum atomic E-state index is -4.53. The second kappa shape index (κ2) is 3.95. The first-order chi connectivity index (χ1) is 8.63. The number of nitrogens with zero attached hydrogens (tertiary/aromatic N) is 2. The minimum Gasteiger partial charge on any atom is -0.242 e. The van der Waals surface area contributed by atoms with Gasteiger partial charge in [0.15, 0.2) is 0 Å². The summed E-state index contributed by atoms with van der Waals surface area (Å²) in [6, 6.07) is 2.67. The Labute approximate surface area is 106 Å². The van der Waals surface area contributed by atoms with Gasteiger partial charge in [0.2, 0.25) is 0 Å². The van der Waals surface area contributed by atoms with Gasteiger partial charge in [-0.3, -0.25) is 0 Å². The first-order valence-electron chi connectivity index (χ1n) is 5.31. The highest BCUT2D eigenvalue weighted by Crippen LogP contribution is 2.32. The third kappa shape index (κ3) is 2.26. The summed E-state index contributed by atoms with van der Waals surface area (Å²) < 4.78 is 37.3. The number of anilines is 1. The molecule has 0 atom stereocenters. The van der Waals surface area contributed by atoms with Crippen molar-refractivity contribution in [3.63, 3.8) is 0 Å². The maximum absolute atomic E-state index is 12.6. The van der Waals surface area contributed by atoms with Crippen molar-refractivity contribution in [1.82, 2.24) is 5.43 Å². The van der Waals surface area contributed by atoms with Crippen LogP contribution in [0.5, 0.6) is 0 Å². The summed E-state index contributed by atoms with van der Waals surface area (Å²) in [6.45, 7) is 0. The molecule has 1 saturated heterocycles. The third-order valence-corrected chi connectivity index (χ3v) is 2.68. The van der Waals surface area contributed by atoms with E-state index in [0.717, 1.165) is 18.2 Å². The lowest BCUT2D eigenvalue weighted by Crippen LogP contribution is -2.49. The fourth-order valence-corrected chi connectivity index (χ4v) is 1.72.